The summed E-state index contributed by atoms with van der Waals surface area (Å²) in [4.78, 5) is 3.90. The maximum absolute atomic E-state index is 12.4. The highest BCUT2D eigenvalue weighted by molar-refractivity contribution is 6.63. The van der Waals surface area contributed by atoms with Crippen LogP contribution >= 0.6 is 0 Å². The van der Waals surface area contributed by atoms with Crippen molar-refractivity contribution in [1.29, 1.82) is 0 Å². The number of halogens is 3. The van der Waals surface area contributed by atoms with Crippen LogP contribution < -0.4 is 10.2 Å². The molecule has 8 heteroatoms. The van der Waals surface area contributed by atoms with Gasteiger partial charge in [-0.25, -0.2) is 4.98 Å². The molecule has 2 heterocycles. The summed E-state index contributed by atoms with van der Waals surface area (Å²) in [6.45, 7) is 7.83. The fourth-order valence-electron chi connectivity index (χ4n) is 2.06. The Kier molecular flexibility index (Phi) is 4.21. The van der Waals surface area contributed by atoms with Gasteiger partial charge in [-0.1, -0.05) is 0 Å². The first-order chi connectivity index (χ1) is 9.93. The van der Waals surface area contributed by atoms with Crippen molar-refractivity contribution in [3.8, 4) is 5.88 Å². The number of nitrogens with zero attached hydrogens (tertiary/aromatic N) is 1. The summed E-state index contributed by atoms with van der Waals surface area (Å²) in [5.74, 6) is -0.115. The first-order valence-electron chi connectivity index (χ1n) is 6.94. The third-order valence-corrected chi connectivity index (χ3v) is 4.03. The lowest BCUT2D eigenvalue weighted by atomic mass is 9.77. The molecule has 22 heavy (non-hydrogen) atoms. The van der Waals surface area contributed by atoms with Crippen molar-refractivity contribution in [3.05, 3.63) is 17.8 Å². The summed E-state index contributed by atoms with van der Waals surface area (Å²) < 4.78 is 53.7. The molecule has 0 aliphatic carbocycles. The van der Waals surface area contributed by atoms with E-state index < -0.39 is 31.1 Å². The van der Waals surface area contributed by atoms with Crippen molar-refractivity contribution < 1.29 is 27.2 Å². The molecule has 0 radical (unpaired) electrons. The minimum Gasteiger partial charge on any atom is -0.468 e. The SMILES string of the molecule is Cc1ccnc(OCC(F)(F)F)c1B1OC(C)(C)C(C)(C)O1. The van der Waals surface area contributed by atoms with E-state index in [0.717, 1.165) is 0 Å². The fraction of sp³-hybridized carbons (Fsp3) is 0.643. The summed E-state index contributed by atoms with van der Waals surface area (Å²) in [6, 6.07) is 1.68. The average molecular weight is 317 g/mol. The van der Waals surface area contributed by atoms with E-state index in [0.29, 0.717) is 11.0 Å². The van der Waals surface area contributed by atoms with Crippen LogP contribution in [0.1, 0.15) is 33.3 Å². The minimum absolute atomic E-state index is 0.115. The second kappa shape index (κ2) is 5.42. The predicted octanol–water partition coefficient (Wildman–Crippen LogP) is 2.63. The predicted molar refractivity (Wildman–Crippen MR) is 76.2 cm³/mol. The van der Waals surface area contributed by atoms with Gasteiger partial charge in [-0.3, -0.25) is 0 Å². The minimum atomic E-state index is -4.43. The highest BCUT2D eigenvalue weighted by Gasteiger charge is 2.53. The molecule has 0 spiro atoms. The van der Waals surface area contributed by atoms with Crippen molar-refractivity contribution in [2.24, 2.45) is 0 Å². The number of rotatable bonds is 3. The smallest absolute Gasteiger partial charge is 0.468 e. The molecule has 1 aliphatic heterocycles. The molecule has 0 atom stereocenters. The van der Waals surface area contributed by atoms with Gasteiger partial charge in [0.2, 0.25) is 5.88 Å². The zero-order valence-corrected chi connectivity index (χ0v) is 13.2. The third kappa shape index (κ3) is 3.38. The van der Waals surface area contributed by atoms with Crippen LogP contribution in [0.5, 0.6) is 5.88 Å². The molecule has 1 aromatic heterocycles. The monoisotopic (exact) mass is 317 g/mol. The van der Waals surface area contributed by atoms with Crippen LogP contribution in [0.2, 0.25) is 0 Å². The first kappa shape index (κ1) is 17.1. The van der Waals surface area contributed by atoms with Crippen LogP contribution in [-0.4, -0.2) is 36.1 Å². The fourth-order valence-corrected chi connectivity index (χ4v) is 2.06. The molecule has 122 valence electrons. The molecular weight excluding hydrogens is 298 g/mol. The van der Waals surface area contributed by atoms with Crippen LogP contribution in [0.4, 0.5) is 13.2 Å². The van der Waals surface area contributed by atoms with E-state index in [4.69, 9.17) is 14.0 Å². The topological polar surface area (TPSA) is 40.6 Å². The highest BCUT2D eigenvalue weighted by atomic mass is 19.4. The van der Waals surface area contributed by atoms with Gasteiger partial charge in [0, 0.05) is 11.7 Å². The van der Waals surface area contributed by atoms with Gasteiger partial charge in [-0.15, -0.1) is 0 Å². The van der Waals surface area contributed by atoms with Crippen molar-refractivity contribution >= 4 is 12.6 Å². The molecule has 0 aromatic carbocycles. The molecule has 1 aliphatic rings. The summed E-state index contributed by atoms with van der Waals surface area (Å²) >= 11 is 0. The van der Waals surface area contributed by atoms with Crippen molar-refractivity contribution in [2.75, 3.05) is 6.61 Å². The van der Waals surface area contributed by atoms with Crippen LogP contribution in [0.15, 0.2) is 12.3 Å². The van der Waals surface area contributed by atoms with Crippen LogP contribution in [0.3, 0.4) is 0 Å². The number of pyridine rings is 1. The molecule has 0 N–H and O–H groups in total. The Balaban J connectivity index is 2.32. The Morgan fingerprint density at radius 3 is 2.23 bits per heavy atom. The Hall–Kier alpha value is -1.28. The molecule has 1 aromatic rings. The lowest BCUT2D eigenvalue weighted by molar-refractivity contribution is -0.153. The van der Waals surface area contributed by atoms with Crippen LogP contribution in [0.25, 0.3) is 0 Å². The van der Waals surface area contributed by atoms with Gasteiger partial charge in [0.25, 0.3) is 0 Å². The van der Waals surface area contributed by atoms with Crippen LogP contribution in [-0.2, 0) is 9.31 Å². The summed E-state index contributed by atoms with van der Waals surface area (Å²) in [7, 11) is -0.818. The standard InChI is InChI=1S/C14H19BF3NO3/c1-9-6-7-19-11(20-8-14(16,17)18)10(9)15-21-12(2,3)13(4,5)22-15/h6-7H,8H2,1-5H3. The molecule has 1 fully saturated rings. The Morgan fingerprint density at radius 2 is 1.73 bits per heavy atom. The number of hydrogen-bond acceptors (Lipinski definition) is 4. The normalized spacial score (nSPS) is 20.3. The van der Waals surface area contributed by atoms with Gasteiger partial charge in [0.05, 0.1) is 11.2 Å². The van der Waals surface area contributed by atoms with Gasteiger partial charge in [0.1, 0.15) is 0 Å². The van der Waals surface area contributed by atoms with Crippen molar-refractivity contribution in [1.82, 2.24) is 4.98 Å². The van der Waals surface area contributed by atoms with E-state index in [1.165, 1.54) is 6.20 Å². The molecule has 1 saturated heterocycles. The number of alkyl halides is 3. The maximum atomic E-state index is 12.4. The van der Waals surface area contributed by atoms with Gasteiger partial charge in [-0.05, 0) is 46.2 Å². The molecule has 0 saturated carbocycles. The molecule has 4 nitrogen and oxygen atoms in total. The number of aromatic nitrogens is 1. The zero-order chi connectivity index (χ0) is 16.8. The molecule has 2 rings (SSSR count). The van der Waals surface area contributed by atoms with E-state index >= 15 is 0 Å². The van der Waals surface area contributed by atoms with Crippen LogP contribution in [0, 0.1) is 6.92 Å². The molecular formula is C14H19BF3NO3. The van der Waals surface area contributed by atoms with Gasteiger partial charge in [0.15, 0.2) is 6.61 Å². The van der Waals surface area contributed by atoms with E-state index in [1.54, 1.807) is 13.0 Å². The van der Waals surface area contributed by atoms with E-state index in [1.807, 2.05) is 27.7 Å². The summed E-state index contributed by atoms with van der Waals surface area (Å²) in [6.07, 6.45) is -3.03. The quantitative estimate of drug-likeness (QED) is 0.804. The third-order valence-electron chi connectivity index (χ3n) is 4.03. The average Bonchev–Trinajstić information content (AvgIpc) is 2.54. The number of aryl methyl sites for hydroxylation is 1. The van der Waals surface area contributed by atoms with Crippen molar-refractivity contribution in [3.63, 3.8) is 0 Å². The largest absolute Gasteiger partial charge is 0.500 e. The zero-order valence-electron chi connectivity index (χ0n) is 13.2. The van der Waals surface area contributed by atoms with Gasteiger partial charge < -0.3 is 14.0 Å². The second-order valence-corrected chi connectivity index (χ2v) is 6.34. The molecule has 0 amide bonds. The Labute approximate surface area is 128 Å². The number of ether oxygens (including phenoxy) is 1. The molecule has 0 unspecified atom stereocenters. The van der Waals surface area contributed by atoms with E-state index in [9.17, 15) is 13.2 Å². The summed E-state index contributed by atoms with van der Waals surface area (Å²) in [5.41, 5.74) is -0.0984. The van der Waals surface area contributed by atoms with Crippen molar-refractivity contribution in [2.45, 2.75) is 52.0 Å². The lowest BCUT2D eigenvalue weighted by Gasteiger charge is -2.32. The molecule has 0 bridgehead atoms. The lowest BCUT2D eigenvalue weighted by Crippen LogP contribution is -2.41. The summed E-state index contributed by atoms with van der Waals surface area (Å²) in [5, 5.41) is 0. The highest BCUT2D eigenvalue weighted by Crippen LogP contribution is 2.37. The second-order valence-electron chi connectivity index (χ2n) is 6.34. The number of hydrogen-bond donors (Lipinski definition) is 0. The van der Waals surface area contributed by atoms with Gasteiger partial charge in [-0.2, -0.15) is 13.2 Å². The first-order valence-corrected chi connectivity index (χ1v) is 6.94. The maximum Gasteiger partial charge on any atom is 0.500 e. The Bertz CT molecular complexity index is 545. The van der Waals surface area contributed by atoms with E-state index in [2.05, 4.69) is 4.98 Å². The Morgan fingerprint density at radius 1 is 1.18 bits per heavy atom. The van der Waals surface area contributed by atoms with Gasteiger partial charge >= 0.3 is 13.3 Å². The van der Waals surface area contributed by atoms with E-state index in [-0.39, 0.29) is 5.88 Å².